The molecule has 0 saturated heterocycles. The molecule has 1 aliphatic carbocycles. The van der Waals surface area contributed by atoms with E-state index in [-0.39, 0.29) is 17.3 Å². The smallest absolute Gasteiger partial charge is 0.277 e. The summed E-state index contributed by atoms with van der Waals surface area (Å²) in [6.07, 6.45) is 5.76. The van der Waals surface area contributed by atoms with Crippen LogP contribution in [0.15, 0.2) is 33.9 Å². The second-order valence-corrected chi connectivity index (χ2v) is 6.81. The molecule has 132 valence electrons. The lowest BCUT2D eigenvalue weighted by molar-refractivity contribution is -0.384. The summed E-state index contributed by atoms with van der Waals surface area (Å²) >= 11 is 1.16. The van der Waals surface area contributed by atoms with Gasteiger partial charge in [-0.25, -0.2) is 0 Å². The number of nitro groups is 1. The zero-order chi connectivity index (χ0) is 17.6. The average molecular weight is 362 g/mol. The molecule has 2 aromatic rings. The highest BCUT2D eigenvalue weighted by Gasteiger charge is 2.21. The molecular weight excluding hydrogens is 344 g/mol. The monoisotopic (exact) mass is 362 g/mol. The van der Waals surface area contributed by atoms with Crippen LogP contribution in [0.4, 0.5) is 11.4 Å². The SMILES string of the molecule is O=C(CSc1nnc(C2CCCCC2)o1)Nc1cccc([N+](=O)[O-])c1. The highest BCUT2D eigenvalue weighted by Crippen LogP contribution is 2.32. The number of nitrogens with zero attached hydrogens (tertiary/aromatic N) is 3. The highest BCUT2D eigenvalue weighted by atomic mass is 32.2. The number of carbonyl (C=O) groups excluding carboxylic acids is 1. The van der Waals surface area contributed by atoms with Gasteiger partial charge in [-0.05, 0) is 18.9 Å². The lowest BCUT2D eigenvalue weighted by atomic mass is 9.89. The number of rotatable bonds is 6. The molecular formula is C16H18N4O4S. The lowest BCUT2D eigenvalue weighted by Crippen LogP contribution is -2.14. The number of nitrogens with one attached hydrogen (secondary N) is 1. The van der Waals surface area contributed by atoms with Gasteiger partial charge in [-0.2, -0.15) is 0 Å². The van der Waals surface area contributed by atoms with Gasteiger partial charge < -0.3 is 9.73 Å². The zero-order valence-electron chi connectivity index (χ0n) is 13.5. The fraction of sp³-hybridized carbons (Fsp3) is 0.438. The topological polar surface area (TPSA) is 111 Å². The fourth-order valence-corrected chi connectivity index (χ4v) is 3.38. The van der Waals surface area contributed by atoms with Gasteiger partial charge in [0.05, 0.1) is 10.7 Å². The molecule has 9 heteroatoms. The van der Waals surface area contributed by atoms with Crippen LogP contribution in [0.3, 0.4) is 0 Å². The first kappa shape index (κ1) is 17.4. The number of anilines is 1. The molecule has 1 heterocycles. The second-order valence-electron chi connectivity index (χ2n) is 5.89. The Bertz CT molecular complexity index is 758. The van der Waals surface area contributed by atoms with Gasteiger partial charge >= 0.3 is 0 Å². The molecule has 8 nitrogen and oxygen atoms in total. The summed E-state index contributed by atoms with van der Waals surface area (Å²) in [4.78, 5) is 22.2. The molecule has 1 N–H and O–H groups in total. The van der Waals surface area contributed by atoms with Crippen LogP contribution >= 0.6 is 11.8 Å². The van der Waals surface area contributed by atoms with E-state index in [0.717, 1.165) is 24.6 Å². The van der Waals surface area contributed by atoms with Crippen LogP contribution in [0.1, 0.15) is 43.9 Å². The highest BCUT2D eigenvalue weighted by molar-refractivity contribution is 7.99. The fourth-order valence-electron chi connectivity index (χ4n) is 2.81. The van der Waals surface area contributed by atoms with Crippen molar-refractivity contribution >= 4 is 29.0 Å². The minimum atomic E-state index is -0.504. The average Bonchev–Trinajstić information content (AvgIpc) is 3.10. The Balaban J connectivity index is 1.51. The molecule has 1 aliphatic rings. The molecule has 3 rings (SSSR count). The number of carbonyl (C=O) groups is 1. The Labute approximate surface area is 148 Å². The molecule has 1 amide bonds. The maximum absolute atomic E-state index is 12.0. The van der Waals surface area contributed by atoms with Crippen LogP contribution in [0.2, 0.25) is 0 Å². The summed E-state index contributed by atoms with van der Waals surface area (Å²) in [5.41, 5.74) is 0.313. The number of thioether (sulfide) groups is 1. The van der Waals surface area contributed by atoms with E-state index in [1.807, 2.05) is 0 Å². The largest absolute Gasteiger partial charge is 0.416 e. The van der Waals surface area contributed by atoms with E-state index < -0.39 is 4.92 Å². The first-order valence-corrected chi connectivity index (χ1v) is 9.11. The molecule has 0 aliphatic heterocycles. The minimum absolute atomic E-state index is 0.0699. The number of aromatic nitrogens is 2. The molecule has 25 heavy (non-hydrogen) atoms. The second kappa shape index (κ2) is 8.11. The van der Waals surface area contributed by atoms with Crippen LogP contribution in [0.5, 0.6) is 0 Å². The van der Waals surface area contributed by atoms with Crippen molar-refractivity contribution in [2.24, 2.45) is 0 Å². The van der Waals surface area contributed by atoms with Gasteiger partial charge in [-0.1, -0.05) is 37.1 Å². The number of benzene rings is 1. The van der Waals surface area contributed by atoms with Crippen LogP contribution < -0.4 is 5.32 Å². The Hall–Kier alpha value is -2.42. The number of hydrogen-bond donors (Lipinski definition) is 1. The summed E-state index contributed by atoms with van der Waals surface area (Å²) in [5.74, 6) is 0.785. The van der Waals surface area contributed by atoms with Crippen LogP contribution in [-0.4, -0.2) is 26.8 Å². The summed E-state index contributed by atoms with van der Waals surface area (Å²) in [6, 6.07) is 5.81. The van der Waals surface area contributed by atoms with Crippen molar-refractivity contribution in [3.8, 4) is 0 Å². The molecule has 0 atom stereocenters. The summed E-state index contributed by atoms with van der Waals surface area (Å²) in [7, 11) is 0. The molecule has 0 radical (unpaired) electrons. The van der Waals surface area contributed by atoms with Gasteiger partial charge in [0.25, 0.3) is 10.9 Å². The van der Waals surface area contributed by atoms with E-state index in [1.54, 1.807) is 6.07 Å². The van der Waals surface area contributed by atoms with Gasteiger partial charge in [0.2, 0.25) is 11.8 Å². The van der Waals surface area contributed by atoms with Crippen molar-refractivity contribution in [2.75, 3.05) is 11.1 Å². The predicted molar refractivity (Wildman–Crippen MR) is 92.6 cm³/mol. The Morgan fingerprint density at radius 2 is 2.12 bits per heavy atom. The van der Waals surface area contributed by atoms with Crippen LogP contribution in [0, 0.1) is 10.1 Å². The van der Waals surface area contributed by atoms with Crippen molar-refractivity contribution in [1.29, 1.82) is 0 Å². The molecule has 1 saturated carbocycles. The van der Waals surface area contributed by atoms with E-state index in [1.165, 1.54) is 37.5 Å². The minimum Gasteiger partial charge on any atom is -0.416 e. The van der Waals surface area contributed by atoms with Gasteiger partial charge in [0.15, 0.2) is 0 Å². The third kappa shape index (κ3) is 4.79. The third-order valence-corrected chi connectivity index (χ3v) is 4.86. The standard InChI is InChI=1S/C16H18N4O4S/c21-14(17-12-7-4-8-13(9-12)20(22)23)10-25-16-19-18-15(24-16)11-5-2-1-3-6-11/h4,7-9,11H,1-3,5-6,10H2,(H,17,21). The maximum atomic E-state index is 12.0. The van der Waals surface area contributed by atoms with E-state index in [4.69, 9.17) is 4.42 Å². The number of nitro benzene ring substituents is 1. The van der Waals surface area contributed by atoms with Gasteiger partial charge in [-0.3, -0.25) is 14.9 Å². The van der Waals surface area contributed by atoms with Crippen molar-refractivity contribution in [2.45, 2.75) is 43.2 Å². The summed E-state index contributed by atoms with van der Waals surface area (Å²) < 4.78 is 5.65. The molecule has 1 aromatic carbocycles. The quantitative estimate of drug-likeness (QED) is 0.473. The first-order valence-electron chi connectivity index (χ1n) is 8.12. The molecule has 1 fully saturated rings. The molecule has 1 aromatic heterocycles. The predicted octanol–water partition coefficient (Wildman–Crippen LogP) is 3.76. The number of hydrogen-bond acceptors (Lipinski definition) is 7. The Morgan fingerprint density at radius 3 is 2.88 bits per heavy atom. The lowest BCUT2D eigenvalue weighted by Gasteiger charge is -2.17. The van der Waals surface area contributed by atoms with Gasteiger partial charge in [0, 0.05) is 23.7 Å². The van der Waals surface area contributed by atoms with Crippen molar-refractivity contribution in [1.82, 2.24) is 10.2 Å². The summed E-state index contributed by atoms with van der Waals surface area (Å²) in [5, 5.41) is 21.8. The van der Waals surface area contributed by atoms with Gasteiger partial charge in [-0.15, -0.1) is 10.2 Å². The van der Waals surface area contributed by atoms with Gasteiger partial charge in [0.1, 0.15) is 0 Å². The Morgan fingerprint density at radius 1 is 1.32 bits per heavy atom. The van der Waals surface area contributed by atoms with Crippen molar-refractivity contribution in [3.05, 3.63) is 40.3 Å². The molecule has 0 spiro atoms. The van der Waals surface area contributed by atoms with E-state index >= 15 is 0 Å². The Kier molecular flexibility index (Phi) is 5.64. The zero-order valence-corrected chi connectivity index (χ0v) is 14.3. The number of amides is 1. The molecule has 0 unspecified atom stereocenters. The third-order valence-electron chi connectivity index (χ3n) is 4.04. The normalized spacial score (nSPS) is 15.0. The number of non-ortho nitro benzene ring substituents is 1. The molecule has 0 bridgehead atoms. The van der Waals surface area contributed by atoms with Crippen molar-refractivity contribution in [3.63, 3.8) is 0 Å². The first-order chi connectivity index (χ1) is 12.1. The van der Waals surface area contributed by atoms with Crippen LogP contribution in [-0.2, 0) is 4.79 Å². The van der Waals surface area contributed by atoms with Crippen LogP contribution in [0.25, 0.3) is 0 Å². The van der Waals surface area contributed by atoms with E-state index in [0.29, 0.717) is 22.7 Å². The van der Waals surface area contributed by atoms with E-state index in [9.17, 15) is 14.9 Å². The van der Waals surface area contributed by atoms with Crippen molar-refractivity contribution < 1.29 is 14.1 Å². The van der Waals surface area contributed by atoms with E-state index in [2.05, 4.69) is 15.5 Å². The summed E-state index contributed by atoms with van der Waals surface area (Å²) in [6.45, 7) is 0. The maximum Gasteiger partial charge on any atom is 0.277 e.